The first-order valence-electron chi connectivity index (χ1n) is 6.67. The SMILES string of the molecule is CCCN(C(C)CCOC)C1COCC1C(=O)O. The number of nitrogens with zero attached hydrogens (tertiary/aromatic N) is 1. The van der Waals surface area contributed by atoms with Gasteiger partial charge < -0.3 is 14.6 Å². The third-order valence-electron chi connectivity index (χ3n) is 3.58. The molecule has 1 aliphatic heterocycles. The van der Waals surface area contributed by atoms with E-state index in [4.69, 9.17) is 9.47 Å². The molecular formula is C13H25NO4. The van der Waals surface area contributed by atoms with Crippen molar-refractivity contribution in [3.8, 4) is 0 Å². The Kier molecular flexibility index (Phi) is 6.60. The van der Waals surface area contributed by atoms with Gasteiger partial charge in [0.05, 0.1) is 19.1 Å². The number of ether oxygens (including phenoxy) is 2. The third-order valence-corrected chi connectivity index (χ3v) is 3.58. The zero-order valence-corrected chi connectivity index (χ0v) is 11.6. The van der Waals surface area contributed by atoms with Crippen molar-refractivity contribution in [3.63, 3.8) is 0 Å². The number of rotatable bonds is 8. The van der Waals surface area contributed by atoms with Gasteiger partial charge in [0.2, 0.25) is 0 Å². The predicted molar refractivity (Wildman–Crippen MR) is 68.7 cm³/mol. The van der Waals surface area contributed by atoms with Crippen LogP contribution in [-0.4, -0.2) is 61.5 Å². The van der Waals surface area contributed by atoms with Crippen LogP contribution in [0.1, 0.15) is 26.7 Å². The molecule has 0 bridgehead atoms. The fraction of sp³-hybridized carbons (Fsp3) is 0.923. The Hall–Kier alpha value is -0.650. The van der Waals surface area contributed by atoms with Gasteiger partial charge >= 0.3 is 5.97 Å². The lowest BCUT2D eigenvalue weighted by molar-refractivity contribution is -0.143. The van der Waals surface area contributed by atoms with Crippen molar-refractivity contribution in [3.05, 3.63) is 0 Å². The van der Waals surface area contributed by atoms with Crippen LogP contribution in [0, 0.1) is 5.92 Å². The zero-order valence-electron chi connectivity index (χ0n) is 11.6. The van der Waals surface area contributed by atoms with Crippen molar-refractivity contribution in [2.45, 2.75) is 38.8 Å². The molecule has 0 aliphatic carbocycles. The van der Waals surface area contributed by atoms with Crippen LogP contribution in [0.3, 0.4) is 0 Å². The van der Waals surface area contributed by atoms with Crippen LogP contribution in [0.2, 0.25) is 0 Å². The summed E-state index contributed by atoms with van der Waals surface area (Å²) >= 11 is 0. The first-order valence-corrected chi connectivity index (χ1v) is 6.67. The molecule has 0 aromatic rings. The maximum Gasteiger partial charge on any atom is 0.310 e. The summed E-state index contributed by atoms with van der Waals surface area (Å²) in [6.45, 7) is 6.70. The molecule has 0 radical (unpaired) electrons. The number of hydrogen-bond acceptors (Lipinski definition) is 4. The summed E-state index contributed by atoms with van der Waals surface area (Å²) < 4.78 is 10.5. The summed E-state index contributed by atoms with van der Waals surface area (Å²) in [6.07, 6.45) is 1.93. The molecular weight excluding hydrogens is 234 g/mol. The summed E-state index contributed by atoms with van der Waals surface area (Å²) in [6, 6.07) is 0.313. The Morgan fingerprint density at radius 1 is 1.56 bits per heavy atom. The van der Waals surface area contributed by atoms with E-state index in [0.29, 0.717) is 25.9 Å². The summed E-state index contributed by atoms with van der Waals surface area (Å²) in [5.74, 6) is -1.15. The van der Waals surface area contributed by atoms with Crippen molar-refractivity contribution < 1.29 is 19.4 Å². The van der Waals surface area contributed by atoms with E-state index in [1.165, 1.54) is 0 Å². The molecule has 0 saturated carbocycles. The largest absolute Gasteiger partial charge is 0.481 e. The monoisotopic (exact) mass is 259 g/mol. The Morgan fingerprint density at radius 3 is 2.83 bits per heavy atom. The molecule has 1 N–H and O–H groups in total. The second-order valence-electron chi connectivity index (χ2n) is 4.92. The van der Waals surface area contributed by atoms with E-state index in [1.54, 1.807) is 7.11 Å². The predicted octanol–water partition coefficient (Wildman–Crippen LogP) is 1.22. The zero-order chi connectivity index (χ0) is 13.5. The second kappa shape index (κ2) is 7.71. The number of hydrogen-bond donors (Lipinski definition) is 1. The van der Waals surface area contributed by atoms with Crippen LogP contribution in [-0.2, 0) is 14.3 Å². The number of methoxy groups -OCH3 is 1. The molecule has 18 heavy (non-hydrogen) atoms. The van der Waals surface area contributed by atoms with Gasteiger partial charge in [-0.1, -0.05) is 6.92 Å². The molecule has 3 unspecified atom stereocenters. The van der Waals surface area contributed by atoms with Crippen molar-refractivity contribution in [1.29, 1.82) is 0 Å². The highest BCUT2D eigenvalue weighted by Gasteiger charge is 2.39. The maximum absolute atomic E-state index is 11.2. The van der Waals surface area contributed by atoms with Crippen molar-refractivity contribution in [2.75, 3.05) is 33.5 Å². The van der Waals surface area contributed by atoms with Crippen molar-refractivity contribution >= 4 is 5.97 Å². The van der Waals surface area contributed by atoms with Gasteiger partial charge in [-0.25, -0.2) is 0 Å². The molecule has 0 amide bonds. The van der Waals surface area contributed by atoms with E-state index in [2.05, 4.69) is 18.7 Å². The molecule has 1 saturated heterocycles. The van der Waals surface area contributed by atoms with E-state index in [1.807, 2.05) is 0 Å². The van der Waals surface area contributed by atoms with Gasteiger partial charge in [0.1, 0.15) is 0 Å². The quantitative estimate of drug-likeness (QED) is 0.710. The minimum atomic E-state index is -0.752. The lowest BCUT2D eigenvalue weighted by atomic mass is 9.99. The second-order valence-corrected chi connectivity index (χ2v) is 4.92. The minimum absolute atomic E-state index is 0.00527. The smallest absolute Gasteiger partial charge is 0.310 e. The van der Waals surface area contributed by atoms with Gasteiger partial charge in [-0.3, -0.25) is 9.69 Å². The lowest BCUT2D eigenvalue weighted by Gasteiger charge is -2.35. The van der Waals surface area contributed by atoms with Gasteiger partial charge in [-0.15, -0.1) is 0 Å². The fourth-order valence-electron chi connectivity index (χ4n) is 2.53. The van der Waals surface area contributed by atoms with Gasteiger partial charge in [-0.05, 0) is 26.3 Å². The highest BCUT2D eigenvalue weighted by atomic mass is 16.5. The molecule has 1 fully saturated rings. The van der Waals surface area contributed by atoms with Gasteiger partial charge in [0, 0.05) is 25.8 Å². The van der Waals surface area contributed by atoms with Crippen LogP contribution in [0.5, 0.6) is 0 Å². The molecule has 106 valence electrons. The number of carbonyl (C=O) groups is 1. The van der Waals surface area contributed by atoms with Gasteiger partial charge in [0.25, 0.3) is 0 Å². The highest BCUT2D eigenvalue weighted by molar-refractivity contribution is 5.71. The first-order chi connectivity index (χ1) is 8.61. The Labute approximate surface area is 109 Å². The normalized spacial score (nSPS) is 25.6. The summed E-state index contributed by atoms with van der Waals surface area (Å²) in [7, 11) is 1.69. The lowest BCUT2D eigenvalue weighted by Crippen LogP contribution is -2.48. The number of carboxylic acid groups (broad SMARTS) is 1. The van der Waals surface area contributed by atoms with E-state index >= 15 is 0 Å². The maximum atomic E-state index is 11.2. The van der Waals surface area contributed by atoms with Crippen molar-refractivity contribution in [1.82, 2.24) is 4.90 Å². The molecule has 0 aromatic carbocycles. The van der Waals surface area contributed by atoms with E-state index in [0.717, 1.165) is 19.4 Å². The Bertz CT molecular complexity index is 259. The van der Waals surface area contributed by atoms with Crippen LogP contribution in [0.15, 0.2) is 0 Å². The van der Waals surface area contributed by atoms with E-state index in [-0.39, 0.29) is 6.04 Å². The van der Waals surface area contributed by atoms with Crippen LogP contribution >= 0.6 is 0 Å². The van der Waals surface area contributed by atoms with Crippen molar-refractivity contribution in [2.24, 2.45) is 5.92 Å². The number of aliphatic carboxylic acids is 1. The highest BCUT2D eigenvalue weighted by Crippen LogP contribution is 2.23. The van der Waals surface area contributed by atoms with Gasteiger partial charge in [0.15, 0.2) is 0 Å². The standard InChI is InChI=1S/C13H25NO4/c1-4-6-14(10(2)5-7-17-3)12-9-18-8-11(12)13(15)16/h10-12H,4-9H2,1-3H3,(H,15,16). The molecule has 1 rings (SSSR count). The van der Waals surface area contributed by atoms with Crippen LogP contribution < -0.4 is 0 Å². The summed E-state index contributed by atoms with van der Waals surface area (Å²) in [4.78, 5) is 13.5. The van der Waals surface area contributed by atoms with E-state index in [9.17, 15) is 9.90 Å². The molecule has 0 aromatic heterocycles. The first kappa shape index (κ1) is 15.4. The molecule has 5 nitrogen and oxygen atoms in total. The van der Waals surface area contributed by atoms with E-state index < -0.39 is 11.9 Å². The number of carboxylic acids is 1. The topological polar surface area (TPSA) is 59.0 Å². The fourth-order valence-corrected chi connectivity index (χ4v) is 2.53. The Morgan fingerprint density at radius 2 is 2.28 bits per heavy atom. The van der Waals surface area contributed by atoms with Gasteiger partial charge in [-0.2, -0.15) is 0 Å². The molecule has 0 spiro atoms. The summed E-state index contributed by atoms with van der Waals surface area (Å²) in [5.41, 5.74) is 0. The molecule has 1 aliphatic rings. The average molecular weight is 259 g/mol. The molecule has 5 heteroatoms. The minimum Gasteiger partial charge on any atom is -0.481 e. The average Bonchev–Trinajstić information content (AvgIpc) is 2.81. The summed E-state index contributed by atoms with van der Waals surface area (Å²) in [5, 5.41) is 9.23. The van der Waals surface area contributed by atoms with Crippen LogP contribution in [0.4, 0.5) is 0 Å². The molecule has 1 heterocycles. The van der Waals surface area contributed by atoms with Crippen LogP contribution in [0.25, 0.3) is 0 Å². The molecule has 3 atom stereocenters. The third kappa shape index (κ3) is 3.93. The Balaban J connectivity index is 2.67.